The van der Waals surface area contributed by atoms with E-state index in [1.54, 1.807) is 12.5 Å². The molecule has 4 nitrogen and oxygen atoms in total. The number of nitrogens with one attached hydrogen (secondary N) is 1. The Bertz CT molecular complexity index is 288. The monoisotopic (exact) mass is 183 g/mol. The van der Waals surface area contributed by atoms with Crippen LogP contribution in [0.15, 0.2) is 18.9 Å². The van der Waals surface area contributed by atoms with Crippen molar-refractivity contribution in [3.63, 3.8) is 0 Å². The predicted octanol–water partition coefficient (Wildman–Crippen LogP) is 0.350. The van der Waals surface area contributed by atoms with E-state index in [2.05, 4.69) is 19.9 Å². The molecule has 5 heteroatoms. The zero-order chi connectivity index (χ0) is 6.10. The SMILES string of the molecule is [Cu].c1ncc2[nH]cnc2n1. The molecule has 0 aliphatic heterocycles. The van der Waals surface area contributed by atoms with Crippen LogP contribution in [0, 0.1) is 0 Å². The number of H-pyrrole nitrogens is 1. The Morgan fingerprint density at radius 1 is 1.30 bits per heavy atom. The third-order valence-electron chi connectivity index (χ3n) is 1.10. The predicted molar refractivity (Wildman–Crippen MR) is 31.7 cm³/mol. The second kappa shape index (κ2) is 2.77. The zero-order valence-corrected chi connectivity index (χ0v) is 5.82. The van der Waals surface area contributed by atoms with Crippen LogP contribution >= 0.6 is 0 Å². The Morgan fingerprint density at radius 3 is 3.00 bits per heavy atom. The van der Waals surface area contributed by atoms with E-state index >= 15 is 0 Å². The van der Waals surface area contributed by atoms with E-state index < -0.39 is 0 Å². The molecule has 1 radical (unpaired) electrons. The smallest absolute Gasteiger partial charge is 0.180 e. The van der Waals surface area contributed by atoms with E-state index in [4.69, 9.17) is 0 Å². The van der Waals surface area contributed by atoms with Crippen molar-refractivity contribution in [2.45, 2.75) is 0 Å². The van der Waals surface area contributed by atoms with Gasteiger partial charge in [0.05, 0.1) is 12.5 Å². The van der Waals surface area contributed by atoms with Crippen LogP contribution < -0.4 is 0 Å². The number of imidazole rings is 1. The molecule has 0 atom stereocenters. The van der Waals surface area contributed by atoms with Crippen molar-refractivity contribution in [2.75, 3.05) is 0 Å². The van der Waals surface area contributed by atoms with Crippen molar-refractivity contribution < 1.29 is 17.1 Å². The van der Waals surface area contributed by atoms with Gasteiger partial charge in [-0.2, -0.15) is 0 Å². The Kier molecular flexibility index (Phi) is 1.99. The Labute approximate surface area is 67.6 Å². The van der Waals surface area contributed by atoms with Gasteiger partial charge in [-0.05, 0) is 0 Å². The Balaban J connectivity index is 0.000000500. The summed E-state index contributed by atoms with van der Waals surface area (Å²) in [5.74, 6) is 0. The summed E-state index contributed by atoms with van der Waals surface area (Å²) >= 11 is 0. The second-order valence-electron chi connectivity index (χ2n) is 1.66. The minimum Gasteiger partial charge on any atom is -0.342 e. The van der Waals surface area contributed by atoms with Gasteiger partial charge in [0.1, 0.15) is 11.8 Å². The van der Waals surface area contributed by atoms with Gasteiger partial charge in [-0.15, -0.1) is 0 Å². The van der Waals surface area contributed by atoms with Gasteiger partial charge in [-0.3, -0.25) is 0 Å². The van der Waals surface area contributed by atoms with E-state index in [1.807, 2.05) is 0 Å². The van der Waals surface area contributed by atoms with Gasteiger partial charge in [-0.1, -0.05) is 0 Å². The molecular weight excluding hydrogens is 180 g/mol. The maximum absolute atomic E-state index is 3.91. The summed E-state index contributed by atoms with van der Waals surface area (Å²) in [4.78, 5) is 14.5. The van der Waals surface area contributed by atoms with Crippen LogP contribution in [0.25, 0.3) is 11.2 Å². The first-order chi connectivity index (χ1) is 4.47. The molecule has 0 saturated carbocycles. The van der Waals surface area contributed by atoms with Crippen molar-refractivity contribution in [3.8, 4) is 0 Å². The van der Waals surface area contributed by atoms with Gasteiger partial charge in [-0.25, -0.2) is 15.0 Å². The van der Waals surface area contributed by atoms with Gasteiger partial charge < -0.3 is 4.98 Å². The fourth-order valence-electron chi connectivity index (χ4n) is 0.691. The molecule has 0 aromatic carbocycles. The molecule has 2 heterocycles. The van der Waals surface area contributed by atoms with Crippen LogP contribution in [0.3, 0.4) is 0 Å². The van der Waals surface area contributed by atoms with Crippen molar-refractivity contribution in [2.24, 2.45) is 0 Å². The van der Waals surface area contributed by atoms with Gasteiger partial charge in [0.25, 0.3) is 0 Å². The zero-order valence-electron chi connectivity index (χ0n) is 4.88. The van der Waals surface area contributed by atoms with Crippen LogP contribution in [0.2, 0.25) is 0 Å². The molecule has 0 fully saturated rings. The molecule has 0 aliphatic rings. The van der Waals surface area contributed by atoms with E-state index in [-0.39, 0.29) is 17.1 Å². The number of aromatic nitrogens is 4. The summed E-state index contributed by atoms with van der Waals surface area (Å²) in [6, 6.07) is 0. The molecule has 0 saturated heterocycles. The number of rotatable bonds is 0. The number of hydrogen-bond donors (Lipinski definition) is 1. The minimum absolute atomic E-state index is 0. The Hall–Kier alpha value is -0.931. The van der Waals surface area contributed by atoms with Crippen molar-refractivity contribution in [1.29, 1.82) is 0 Å². The third-order valence-corrected chi connectivity index (χ3v) is 1.10. The van der Waals surface area contributed by atoms with Gasteiger partial charge in [0, 0.05) is 17.1 Å². The summed E-state index contributed by atoms with van der Waals surface area (Å²) in [7, 11) is 0. The van der Waals surface area contributed by atoms with E-state index in [9.17, 15) is 0 Å². The molecule has 2 aromatic heterocycles. The van der Waals surface area contributed by atoms with E-state index in [0.717, 1.165) is 5.52 Å². The average Bonchev–Trinajstić information content (AvgIpc) is 2.33. The van der Waals surface area contributed by atoms with Crippen molar-refractivity contribution >= 4 is 11.2 Å². The van der Waals surface area contributed by atoms with Crippen LogP contribution in [0.1, 0.15) is 0 Å². The summed E-state index contributed by atoms with van der Waals surface area (Å²) in [6.45, 7) is 0. The fraction of sp³-hybridized carbons (Fsp3) is 0. The van der Waals surface area contributed by atoms with Crippen LogP contribution in [0.5, 0.6) is 0 Å². The quantitative estimate of drug-likeness (QED) is 0.600. The Morgan fingerprint density at radius 2 is 2.20 bits per heavy atom. The third kappa shape index (κ3) is 1.01. The molecule has 0 unspecified atom stereocenters. The standard InChI is InChI=1S/C5H4N4.Cu/c1-4-5(8-2-6-1)9-3-7-4;/h1-3H,(H,6,7,8,9);. The van der Waals surface area contributed by atoms with Crippen molar-refractivity contribution in [3.05, 3.63) is 18.9 Å². The molecule has 0 bridgehead atoms. The fourth-order valence-corrected chi connectivity index (χ4v) is 0.691. The molecule has 0 amide bonds. The topological polar surface area (TPSA) is 54.5 Å². The van der Waals surface area contributed by atoms with Gasteiger partial charge in [0.15, 0.2) is 5.65 Å². The number of fused-ring (bicyclic) bond motifs is 1. The molecule has 0 spiro atoms. The summed E-state index contributed by atoms with van der Waals surface area (Å²) in [5.41, 5.74) is 1.59. The van der Waals surface area contributed by atoms with E-state index in [0.29, 0.717) is 5.65 Å². The molecule has 55 valence electrons. The average molecular weight is 184 g/mol. The summed E-state index contributed by atoms with van der Waals surface area (Å²) < 4.78 is 0. The molecule has 10 heavy (non-hydrogen) atoms. The molecular formula is C5H4CuN4. The minimum atomic E-state index is 0. The number of nitrogens with zero attached hydrogens (tertiary/aromatic N) is 3. The summed E-state index contributed by atoms with van der Waals surface area (Å²) in [5, 5.41) is 0. The maximum atomic E-state index is 3.91. The summed E-state index contributed by atoms with van der Waals surface area (Å²) in [6.07, 6.45) is 4.76. The van der Waals surface area contributed by atoms with Crippen LogP contribution in [0.4, 0.5) is 0 Å². The first kappa shape index (κ1) is 7.18. The maximum Gasteiger partial charge on any atom is 0.180 e. The largest absolute Gasteiger partial charge is 0.342 e. The molecule has 2 aromatic rings. The first-order valence-corrected chi connectivity index (χ1v) is 2.56. The molecule has 0 aliphatic carbocycles. The number of hydrogen-bond acceptors (Lipinski definition) is 3. The van der Waals surface area contributed by atoms with Gasteiger partial charge in [0.2, 0.25) is 0 Å². The number of aromatic amines is 1. The van der Waals surface area contributed by atoms with Gasteiger partial charge >= 0.3 is 0 Å². The van der Waals surface area contributed by atoms with Crippen molar-refractivity contribution in [1.82, 2.24) is 19.9 Å². The molecule has 1 N–H and O–H groups in total. The normalized spacial score (nSPS) is 9.20. The second-order valence-corrected chi connectivity index (χ2v) is 1.66. The molecule has 2 rings (SSSR count). The van der Waals surface area contributed by atoms with Crippen LogP contribution in [-0.2, 0) is 17.1 Å². The van der Waals surface area contributed by atoms with Crippen LogP contribution in [-0.4, -0.2) is 19.9 Å². The van der Waals surface area contributed by atoms with E-state index in [1.165, 1.54) is 6.33 Å². The first-order valence-electron chi connectivity index (χ1n) is 2.56.